The van der Waals surface area contributed by atoms with Crippen LogP contribution in [0.4, 0.5) is 0 Å². The Labute approximate surface area is 109 Å². The Bertz CT molecular complexity index is 621. The van der Waals surface area contributed by atoms with Gasteiger partial charge in [-0.25, -0.2) is 0 Å². The molecule has 0 radical (unpaired) electrons. The van der Waals surface area contributed by atoms with E-state index in [4.69, 9.17) is 16.1 Å². The van der Waals surface area contributed by atoms with E-state index in [1.807, 2.05) is 0 Å². The number of halogens is 1. The minimum absolute atomic E-state index is 0.0725. The average Bonchev–Trinajstić information content (AvgIpc) is 2.59. The van der Waals surface area contributed by atoms with Crippen LogP contribution < -0.4 is 4.52 Å². The first-order chi connectivity index (χ1) is 8.38. The van der Waals surface area contributed by atoms with Crippen LogP contribution >= 0.6 is 19.0 Å². The van der Waals surface area contributed by atoms with Crippen LogP contribution in [0.25, 0.3) is 5.69 Å². The average molecular weight is 287 g/mol. The first-order valence-electron chi connectivity index (χ1n) is 5.15. The van der Waals surface area contributed by atoms with E-state index in [1.165, 1.54) is 24.2 Å². The minimum Gasteiger partial charge on any atom is -0.491 e. The third-order valence-electron chi connectivity index (χ3n) is 2.11. The molecule has 0 saturated heterocycles. The second-order valence-electron chi connectivity index (χ2n) is 4.04. The summed E-state index contributed by atoms with van der Waals surface area (Å²) in [4.78, 5) is 0. The van der Waals surface area contributed by atoms with Gasteiger partial charge in [0.05, 0.1) is 16.9 Å². The van der Waals surface area contributed by atoms with Gasteiger partial charge >= 0.3 is 0 Å². The van der Waals surface area contributed by atoms with E-state index in [0.29, 0.717) is 10.7 Å². The summed E-state index contributed by atoms with van der Waals surface area (Å²) in [6.45, 7) is 2.92. The van der Waals surface area contributed by atoms with Crippen molar-refractivity contribution in [2.45, 2.75) is 0 Å². The van der Waals surface area contributed by atoms with Crippen LogP contribution in [0.1, 0.15) is 0 Å². The molecule has 7 heteroatoms. The standard InChI is InChI=1S/C11H12ClN2O3P/c1-18(2,16)17-10-7-13-14(11(10)15)9-6-4-3-5-8(9)12/h3-7,15H,1-2H3. The number of nitrogens with zero attached hydrogens (tertiary/aromatic N) is 2. The fourth-order valence-corrected chi connectivity index (χ4v) is 2.25. The monoisotopic (exact) mass is 286 g/mol. The van der Waals surface area contributed by atoms with Gasteiger partial charge in [-0.15, -0.1) is 0 Å². The van der Waals surface area contributed by atoms with Crippen LogP contribution in [0.3, 0.4) is 0 Å². The summed E-state index contributed by atoms with van der Waals surface area (Å²) in [7, 11) is -2.75. The van der Waals surface area contributed by atoms with Crippen molar-refractivity contribution >= 4 is 19.0 Å². The molecule has 0 fully saturated rings. The molecule has 1 N–H and O–H groups in total. The molecule has 0 aliphatic heterocycles. The molecular formula is C11H12ClN2O3P. The van der Waals surface area contributed by atoms with E-state index in [2.05, 4.69) is 5.10 Å². The summed E-state index contributed by atoms with van der Waals surface area (Å²) in [6.07, 6.45) is 1.30. The van der Waals surface area contributed by atoms with Gasteiger partial charge in [0.2, 0.25) is 13.1 Å². The van der Waals surface area contributed by atoms with Crippen molar-refractivity contribution in [1.82, 2.24) is 9.78 Å². The maximum absolute atomic E-state index is 11.6. The summed E-state index contributed by atoms with van der Waals surface area (Å²) in [5, 5.41) is 14.4. The lowest BCUT2D eigenvalue weighted by atomic mass is 10.3. The summed E-state index contributed by atoms with van der Waals surface area (Å²) in [5.74, 6) is -0.157. The molecule has 0 unspecified atom stereocenters. The summed E-state index contributed by atoms with van der Waals surface area (Å²) < 4.78 is 17.9. The number of hydrogen-bond donors (Lipinski definition) is 1. The van der Waals surface area contributed by atoms with Gasteiger partial charge in [-0.3, -0.25) is 4.57 Å². The summed E-state index contributed by atoms with van der Waals surface area (Å²) >= 11 is 6.01. The Morgan fingerprint density at radius 1 is 1.39 bits per heavy atom. The highest BCUT2D eigenvalue weighted by Gasteiger charge is 2.18. The third-order valence-corrected chi connectivity index (χ3v) is 3.07. The predicted octanol–water partition coefficient (Wildman–Crippen LogP) is 3.15. The van der Waals surface area contributed by atoms with E-state index < -0.39 is 7.37 Å². The molecule has 18 heavy (non-hydrogen) atoms. The Morgan fingerprint density at radius 2 is 2.06 bits per heavy atom. The molecule has 1 aromatic heterocycles. The van der Waals surface area contributed by atoms with E-state index in [1.54, 1.807) is 24.3 Å². The van der Waals surface area contributed by atoms with Gasteiger partial charge in [-0.2, -0.15) is 9.78 Å². The van der Waals surface area contributed by atoms with Crippen LogP contribution in [0.5, 0.6) is 11.6 Å². The smallest absolute Gasteiger partial charge is 0.258 e. The molecule has 0 amide bonds. The lowest BCUT2D eigenvalue weighted by molar-refractivity contribution is 0.405. The Kier molecular flexibility index (Phi) is 3.37. The van der Waals surface area contributed by atoms with Gasteiger partial charge in [0, 0.05) is 13.3 Å². The van der Waals surface area contributed by atoms with Crippen LogP contribution in [-0.4, -0.2) is 28.2 Å². The largest absolute Gasteiger partial charge is 0.491 e. The van der Waals surface area contributed by atoms with Crippen molar-refractivity contribution in [2.75, 3.05) is 13.3 Å². The molecule has 2 rings (SSSR count). The van der Waals surface area contributed by atoms with Crippen molar-refractivity contribution in [2.24, 2.45) is 0 Å². The van der Waals surface area contributed by atoms with Gasteiger partial charge in [-0.05, 0) is 12.1 Å². The molecule has 0 aliphatic carbocycles. The molecule has 0 bridgehead atoms. The molecule has 2 aromatic rings. The topological polar surface area (TPSA) is 64.3 Å². The SMILES string of the molecule is CP(C)(=O)Oc1cnn(-c2ccccc2Cl)c1O. The highest BCUT2D eigenvalue weighted by Crippen LogP contribution is 2.43. The normalized spacial score (nSPS) is 11.5. The number of hydrogen-bond acceptors (Lipinski definition) is 4. The summed E-state index contributed by atoms with van der Waals surface area (Å²) in [6, 6.07) is 6.93. The Hall–Kier alpha value is -1.45. The van der Waals surface area contributed by atoms with E-state index >= 15 is 0 Å². The van der Waals surface area contributed by atoms with Crippen molar-refractivity contribution in [3.63, 3.8) is 0 Å². The quantitative estimate of drug-likeness (QED) is 0.880. The van der Waals surface area contributed by atoms with Crippen LogP contribution in [0.15, 0.2) is 30.5 Å². The molecular weight excluding hydrogens is 275 g/mol. The lowest BCUT2D eigenvalue weighted by Crippen LogP contribution is -1.96. The fraction of sp³-hybridized carbons (Fsp3) is 0.182. The van der Waals surface area contributed by atoms with Gasteiger partial charge in [-0.1, -0.05) is 23.7 Å². The molecule has 1 aromatic carbocycles. The van der Waals surface area contributed by atoms with Crippen molar-refractivity contribution < 1.29 is 14.2 Å². The minimum atomic E-state index is -2.75. The fourth-order valence-electron chi connectivity index (χ4n) is 1.43. The number of aromatic hydroxyl groups is 1. The van der Waals surface area contributed by atoms with Crippen molar-refractivity contribution in [3.05, 3.63) is 35.5 Å². The highest BCUT2D eigenvalue weighted by molar-refractivity contribution is 7.57. The zero-order valence-corrected chi connectivity index (χ0v) is 11.5. The van der Waals surface area contributed by atoms with E-state index in [0.717, 1.165) is 0 Å². The number of para-hydroxylation sites is 1. The molecule has 5 nitrogen and oxygen atoms in total. The summed E-state index contributed by atoms with van der Waals surface area (Å²) in [5.41, 5.74) is 0.522. The number of benzene rings is 1. The molecule has 0 saturated carbocycles. The van der Waals surface area contributed by atoms with Gasteiger partial charge in [0.25, 0.3) is 5.88 Å². The van der Waals surface area contributed by atoms with Crippen molar-refractivity contribution in [1.29, 1.82) is 0 Å². The van der Waals surface area contributed by atoms with Crippen molar-refractivity contribution in [3.8, 4) is 17.3 Å². The Balaban J connectivity index is 2.44. The van der Waals surface area contributed by atoms with E-state index in [9.17, 15) is 9.67 Å². The Morgan fingerprint density at radius 3 is 2.67 bits per heavy atom. The number of rotatable bonds is 3. The zero-order chi connectivity index (χ0) is 13.3. The maximum Gasteiger partial charge on any atom is 0.258 e. The number of aromatic nitrogens is 2. The van der Waals surface area contributed by atoms with Crippen LogP contribution in [0, 0.1) is 0 Å². The maximum atomic E-state index is 11.6. The first kappa shape index (κ1) is 13.0. The predicted molar refractivity (Wildman–Crippen MR) is 70.3 cm³/mol. The van der Waals surface area contributed by atoms with Crippen LogP contribution in [-0.2, 0) is 4.57 Å². The molecule has 0 spiro atoms. The highest BCUT2D eigenvalue weighted by atomic mass is 35.5. The second kappa shape index (κ2) is 4.67. The second-order valence-corrected chi connectivity index (χ2v) is 7.13. The van der Waals surface area contributed by atoms with Gasteiger partial charge in [0.1, 0.15) is 0 Å². The van der Waals surface area contributed by atoms with Crippen LogP contribution in [0.2, 0.25) is 5.02 Å². The van der Waals surface area contributed by atoms with Gasteiger partial charge < -0.3 is 9.63 Å². The third kappa shape index (κ3) is 2.68. The molecule has 96 valence electrons. The van der Waals surface area contributed by atoms with E-state index in [-0.39, 0.29) is 11.6 Å². The first-order valence-corrected chi connectivity index (χ1v) is 8.04. The molecule has 0 atom stereocenters. The molecule has 1 heterocycles. The lowest BCUT2D eigenvalue weighted by Gasteiger charge is -2.09. The van der Waals surface area contributed by atoms with Gasteiger partial charge in [0.15, 0.2) is 0 Å². The zero-order valence-electron chi connectivity index (χ0n) is 9.87. The molecule has 0 aliphatic rings.